The Morgan fingerprint density at radius 3 is 2.67 bits per heavy atom. The Hall–Kier alpha value is -3.41. The molecule has 0 saturated carbocycles. The Kier molecular flexibility index (Phi) is 4.46. The molecule has 0 fully saturated rings. The van der Waals surface area contributed by atoms with Gasteiger partial charge in [-0.25, -0.2) is 9.97 Å². The second-order valence-electron chi connectivity index (χ2n) is 6.29. The predicted molar refractivity (Wildman–Crippen MR) is 105 cm³/mol. The fourth-order valence-corrected chi connectivity index (χ4v) is 3.19. The van der Waals surface area contributed by atoms with Crippen molar-refractivity contribution < 1.29 is 9.21 Å². The number of para-hydroxylation sites is 4. The molecule has 4 rings (SSSR count). The van der Waals surface area contributed by atoms with Crippen molar-refractivity contribution in [1.29, 1.82) is 0 Å². The van der Waals surface area contributed by atoms with Crippen LogP contribution in [-0.4, -0.2) is 20.4 Å². The average molecular weight is 360 g/mol. The summed E-state index contributed by atoms with van der Waals surface area (Å²) in [4.78, 5) is 21.3. The van der Waals surface area contributed by atoms with Crippen LogP contribution >= 0.6 is 0 Å². The number of benzene rings is 2. The van der Waals surface area contributed by atoms with Crippen LogP contribution in [0.4, 0.5) is 0 Å². The third-order valence-electron chi connectivity index (χ3n) is 4.43. The third kappa shape index (κ3) is 3.33. The predicted octanol–water partition coefficient (Wildman–Crippen LogP) is 4.09. The molecule has 2 heterocycles. The van der Waals surface area contributed by atoms with Crippen LogP contribution in [0.25, 0.3) is 28.2 Å². The van der Waals surface area contributed by atoms with E-state index in [0.29, 0.717) is 11.5 Å². The molecule has 1 amide bonds. The molecule has 0 bridgehead atoms. The Morgan fingerprint density at radius 1 is 1.15 bits per heavy atom. The van der Waals surface area contributed by atoms with Gasteiger partial charge in [0.2, 0.25) is 11.8 Å². The Balaban J connectivity index is 1.50. The Labute approximate surface area is 156 Å². The summed E-state index contributed by atoms with van der Waals surface area (Å²) in [5.74, 6) is 1.02. The first-order chi connectivity index (χ1) is 13.2. The topological polar surface area (TPSA) is 73.0 Å². The maximum atomic E-state index is 12.3. The molecular formula is C21H20N4O2. The van der Waals surface area contributed by atoms with Gasteiger partial charge < -0.3 is 14.3 Å². The first-order valence-corrected chi connectivity index (χ1v) is 8.95. The van der Waals surface area contributed by atoms with Crippen LogP contribution in [0.3, 0.4) is 0 Å². The second kappa shape index (κ2) is 7.07. The lowest BCUT2D eigenvalue weighted by Gasteiger charge is -2.14. The van der Waals surface area contributed by atoms with Crippen LogP contribution in [0.2, 0.25) is 0 Å². The number of carbonyl (C=O) groups excluding carboxylic acids is 1. The largest absolute Gasteiger partial charge is 0.437 e. The molecule has 6 nitrogen and oxygen atoms in total. The zero-order valence-corrected chi connectivity index (χ0v) is 15.2. The van der Waals surface area contributed by atoms with Crippen LogP contribution in [0.5, 0.6) is 0 Å². The van der Waals surface area contributed by atoms with Gasteiger partial charge in [0, 0.05) is 18.7 Å². The van der Waals surface area contributed by atoms with Gasteiger partial charge >= 0.3 is 0 Å². The molecular weight excluding hydrogens is 340 g/mol. The highest BCUT2D eigenvalue weighted by atomic mass is 16.3. The number of imidazole rings is 1. The van der Waals surface area contributed by atoms with Crippen molar-refractivity contribution in [2.24, 2.45) is 0 Å². The Morgan fingerprint density at radius 2 is 1.89 bits per heavy atom. The minimum atomic E-state index is -0.224. The average Bonchev–Trinajstić information content (AvgIpc) is 3.27. The van der Waals surface area contributed by atoms with E-state index < -0.39 is 0 Å². The van der Waals surface area contributed by atoms with Gasteiger partial charge in [0.05, 0.1) is 17.1 Å². The van der Waals surface area contributed by atoms with E-state index >= 15 is 0 Å². The summed E-state index contributed by atoms with van der Waals surface area (Å²) in [6.07, 6.45) is 3.00. The minimum Gasteiger partial charge on any atom is -0.437 e. The van der Waals surface area contributed by atoms with E-state index in [0.717, 1.165) is 28.9 Å². The van der Waals surface area contributed by atoms with E-state index in [1.807, 2.05) is 55.5 Å². The Bertz CT molecular complexity index is 1110. The SMILES string of the molecule is CCn1c(C(C)NC(=O)C=Cc2nc3ccccc3o2)nc2ccccc21. The van der Waals surface area contributed by atoms with E-state index in [9.17, 15) is 4.79 Å². The van der Waals surface area contributed by atoms with E-state index in [1.165, 1.54) is 6.08 Å². The fourth-order valence-electron chi connectivity index (χ4n) is 3.19. The molecule has 0 aliphatic carbocycles. The van der Waals surface area contributed by atoms with Crippen LogP contribution in [0.15, 0.2) is 59.0 Å². The molecule has 0 spiro atoms. The molecule has 1 unspecified atom stereocenters. The smallest absolute Gasteiger partial charge is 0.244 e. The number of carbonyl (C=O) groups is 1. The summed E-state index contributed by atoms with van der Waals surface area (Å²) >= 11 is 0. The minimum absolute atomic E-state index is 0.223. The highest BCUT2D eigenvalue weighted by Gasteiger charge is 2.16. The van der Waals surface area contributed by atoms with Gasteiger partial charge in [0.25, 0.3) is 0 Å². The molecule has 6 heteroatoms. The van der Waals surface area contributed by atoms with Crippen LogP contribution < -0.4 is 5.32 Å². The van der Waals surface area contributed by atoms with E-state index in [2.05, 4.69) is 26.8 Å². The first kappa shape index (κ1) is 17.0. The lowest BCUT2D eigenvalue weighted by atomic mass is 10.3. The highest BCUT2D eigenvalue weighted by molar-refractivity contribution is 5.91. The quantitative estimate of drug-likeness (QED) is 0.544. The van der Waals surface area contributed by atoms with Crippen molar-refractivity contribution in [2.45, 2.75) is 26.4 Å². The summed E-state index contributed by atoms with van der Waals surface area (Å²) in [7, 11) is 0. The number of hydrogen-bond donors (Lipinski definition) is 1. The summed E-state index contributed by atoms with van der Waals surface area (Å²) in [5.41, 5.74) is 3.46. The van der Waals surface area contributed by atoms with Crippen LogP contribution in [0, 0.1) is 0 Å². The zero-order valence-electron chi connectivity index (χ0n) is 15.2. The van der Waals surface area contributed by atoms with Gasteiger partial charge in [0.1, 0.15) is 11.3 Å². The molecule has 1 atom stereocenters. The van der Waals surface area contributed by atoms with Crippen LogP contribution in [-0.2, 0) is 11.3 Å². The normalized spacial score (nSPS) is 12.8. The maximum Gasteiger partial charge on any atom is 0.244 e. The summed E-state index contributed by atoms with van der Waals surface area (Å²) in [5, 5.41) is 2.96. The number of hydrogen-bond acceptors (Lipinski definition) is 4. The van der Waals surface area contributed by atoms with Gasteiger partial charge in [-0.1, -0.05) is 24.3 Å². The molecule has 0 saturated heterocycles. The molecule has 0 radical (unpaired) electrons. The standard InChI is InChI=1S/C21H20N4O2/c1-3-25-17-10-6-4-8-15(17)24-21(25)14(2)22-19(26)12-13-20-23-16-9-5-7-11-18(16)27-20/h4-14H,3H2,1-2H3,(H,22,26). The number of aryl methyl sites for hydroxylation is 1. The summed E-state index contributed by atoms with van der Waals surface area (Å²) in [6.45, 7) is 4.78. The van der Waals surface area contributed by atoms with Crippen molar-refractivity contribution in [1.82, 2.24) is 19.9 Å². The first-order valence-electron chi connectivity index (χ1n) is 8.95. The van der Waals surface area contributed by atoms with Crippen molar-refractivity contribution in [2.75, 3.05) is 0 Å². The zero-order chi connectivity index (χ0) is 18.8. The number of nitrogens with zero attached hydrogens (tertiary/aromatic N) is 3. The monoisotopic (exact) mass is 360 g/mol. The number of nitrogens with one attached hydrogen (secondary N) is 1. The van der Waals surface area contributed by atoms with Gasteiger partial charge in [-0.3, -0.25) is 4.79 Å². The van der Waals surface area contributed by atoms with E-state index in [4.69, 9.17) is 4.42 Å². The van der Waals surface area contributed by atoms with Crippen molar-refractivity contribution in [3.8, 4) is 0 Å². The van der Waals surface area contributed by atoms with Gasteiger partial charge in [-0.15, -0.1) is 0 Å². The summed E-state index contributed by atoms with van der Waals surface area (Å²) in [6, 6.07) is 15.2. The van der Waals surface area contributed by atoms with Gasteiger partial charge in [-0.2, -0.15) is 0 Å². The summed E-state index contributed by atoms with van der Waals surface area (Å²) < 4.78 is 7.71. The molecule has 136 valence electrons. The third-order valence-corrected chi connectivity index (χ3v) is 4.43. The number of aromatic nitrogens is 3. The second-order valence-corrected chi connectivity index (χ2v) is 6.29. The molecule has 0 aliphatic rings. The molecule has 2 aromatic carbocycles. The lowest BCUT2D eigenvalue weighted by molar-refractivity contribution is -0.117. The van der Waals surface area contributed by atoms with E-state index in [-0.39, 0.29) is 11.9 Å². The van der Waals surface area contributed by atoms with Crippen molar-refractivity contribution in [3.63, 3.8) is 0 Å². The lowest BCUT2D eigenvalue weighted by Crippen LogP contribution is -2.27. The molecule has 0 aliphatic heterocycles. The van der Waals surface area contributed by atoms with Crippen molar-refractivity contribution >= 4 is 34.1 Å². The number of oxazole rings is 1. The molecule has 4 aromatic rings. The number of amides is 1. The molecule has 1 N–H and O–H groups in total. The highest BCUT2D eigenvalue weighted by Crippen LogP contribution is 2.21. The van der Waals surface area contributed by atoms with Crippen LogP contribution in [0.1, 0.15) is 31.6 Å². The van der Waals surface area contributed by atoms with Crippen molar-refractivity contribution in [3.05, 3.63) is 66.3 Å². The van der Waals surface area contributed by atoms with E-state index in [1.54, 1.807) is 6.08 Å². The number of rotatable bonds is 5. The molecule has 27 heavy (non-hydrogen) atoms. The van der Waals surface area contributed by atoms with Gasteiger partial charge in [0.15, 0.2) is 5.58 Å². The van der Waals surface area contributed by atoms with Gasteiger partial charge in [-0.05, 0) is 38.1 Å². The molecule has 2 aromatic heterocycles. The fraction of sp³-hybridized carbons (Fsp3) is 0.190. The maximum absolute atomic E-state index is 12.3. The number of fused-ring (bicyclic) bond motifs is 2.